The summed E-state index contributed by atoms with van der Waals surface area (Å²) in [5, 5.41) is 2.23. The first kappa shape index (κ1) is 14.4. The highest BCUT2D eigenvalue weighted by molar-refractivity contribution is 5.59. The van der Waals surface area contributed by atoms with Gasteiger partial charge in [-0.1, -0.05) is 0 Å². The van der Waals surface area contributed by atoms with Crippen LogP contribution < -0.4 is 14.8 Å². The first-order valence-corrected chi connectivity index (χ1v) is 5.02. The van der Waals surface area contributed by atoms with Crippen molar-refractivity contribution >= 4 is 5.69 Å². The molecule has 0 bridgehead atoms. The van der Waals surface area contributed by atoms with Crippen LogP contribution in [0, 0.1) is 0 Å². The molecule has 7 heteroatoms. The van der Waals surface area contributed by atoms with Crippen LogP contribution in [-0.4, -0.2) is 33.1 Å². The van der Waals surface area contributed by atoms with Gasteiger partial charge in [-0.3, -0.25) is 0 Å². The Morgan fingerprint density at radius 1 is 1.22 bits per heavy atom. The zero-order valence-corrected chi connectivity index (χ0v) is 9.84. The summed E-state index contributed by atoms with van der Waals surface area (Å²) < 4.78 is 59.3. The fraction of sp³-hybridized carbons (Fsp3) is 0.455. The minimum absolute atomic E-state index is 0.193. The number of hydrogen-bond donors (Lipinski definition) is 1. The summed E-state index contributed by atoms with van der Waals surface area (Å²) in [6.45, 7) is -1.17. The molecule has 0 aliphatic rings. The molecule has 102 valence electrons. The third kappa shape index (κ3) is 3.41. The SMILES string of the molecule is COc1ccc(NCC(F)(F)C(F)F)c(OC)c1. The maximum Gasteiger partial charge on any atom is 0.324 e. The Kier molecular flexibility index (Phi) is 4.63. The second-order valence-electron chi connectivity index (χ2n) is 3.48. The van der Waals surface area contributed by atoms with Crippen molar-refractivity contribution < 1.29 is 27.0 Å². The van der Waals surface area contributed by atoms with Crippen LogP contribution in [0.5, 0.6) is 11.5 Å². The van der Waals surface area contributed by atoms with E-state index >= 15 is 0 Å². The van der Waals surface area contributed by atoms with E-state index in [2.05, 4.69) is 5.32 Å². The molecule has 0 saturated heterocycles. The second-order valence-corrected chi connectivity index (χ2v) is 3.48. The Morgan fingerprint density at radius 3 is 2.39 bits per heavy atom. The summed E-state index contributed by atoms with van der Waals surface area (Å²) in [4.78, 5) is 0. The van der Waals surface area contributed by atoms with E-state index in [-0.39, 0.29) is 11.4 Å². The van der Waals surface area contributed by atoms with Gasteiger partial charge in [0, 0.05) is 6.07 Å². The van der Waals surface area contributed by atoms with Crippen LogP contribution in [0.4, 0.5) is 23.2 Å². The maximum atomic E-state index is 12.7. The number of methoxy groups -OCH3 is 2. The van der Waals surface area contributed by atoms with Gasteiger partial charge in [0.15, 0.2) is 0 Å². The van der Waals surface area contributed by atoms with Crippen molar-refractivity contribution in [2.75, 3.05) is 26.1 Å². The normalized spacial score (nSPS) is 11.5. The molecule has 0 aromatic heterocycles. The van der Waals surface area contributed by atoms with E-state index in [1.165, 1.54) is 32.4 Å². The Balaban J connectivity index is 2.79. The largest absolute Gasteiger partial charge is 0.497 e. The average molecular weight is 267 g/mol. The fourth-order valence-electron chi connectivity index (χ4n) is 1.23. The molecule has 18 heavy (non-hydrogen) atoms. The smallest absolute Gasteiger partial charge is 0.324 e. The number of alkyl halides is 4. The van der Waals surface area contributed by atoms with Crippen LogP contribution >= 0.6 is 0 Å². The van der Waals surface area contributed by atoms with Gasteiger partial charge >= 0.3 is 12.3 Å². The molecule has 0 aliphatic carbocycles. The summed E-state index contributed by atoms with van der Waals surface area (Å²) in [6.07, 6.45) is -3.71. The van der Waals surface area contributed by atoms with Crippen molar-refractivity contribution in [3.05, 3.63) is 18.2 Å². The molecule has 1 rings (SSSR count). The fourth-order valence-corrected chi connectivity index (χ4v) is 1.23. The lowest BCUT2D eigenvalue weighted by atomic mass is 10.2. The van der Waals surface area contributed by atoms with Crippen LogP contribution in [0.3, 0.4) is 0 Å². The molecule has 0 aliphatic heterocycles. The first-order valence-electron chi connectivity index (χ1n) is 5.02. The van der Waals surface area contributed by atoms with Gasteiger partial charge in [-0.2, -0.15) is 8.78 Å². The molecule has 3 nitrogen and oxygen atoms in total. The Bertz CT molecular complexity index is 399. The van der Waals surface area contributed by atoms with Crippen molar-refractivity contribution in [2.24, 2.45) is 0 Å². The zero-order valence-electron chi connectivity index (χ0n) is 9.84. The lowest BCUT2D eigenvalue weighted by Gasteiger charge is -2.18. The predicted molar refractivity (Wildman–Crippen MR) is 59.0 cm³/mol. The van der Waals surface area contributed by atoms with E-state index < -0.39 is 18.9 Å². The van der Waals surface area contributed by atoms with Crippen LogP contribution in [0.25, 0.3) is 0 Å². The van der Waals surface area contributed by atoms with Gasteiger partial charge in [0.05, 0.1) is 26.5 Å². The minimum Gasteiger partial charge on any atom is -0.497 e. The topological polar surface area (TPSA) is 30.5 Å². The van der Waals surface area contributed by atoms with Crippen LogP contribution in [0.1, 0.15) is 0 Å². The number of benzene rings is 1. The van der Waals surface area contributed by atoms with Gasteiger partial charge < -0.3 is 14.8 Å². The molecule has 0 spiro atoms. The minimum atomic E-state index is -4.09. The molecule has 1 aromatic rings. The summed E-state index contributed by atoms with van der Waals surface area (Å²) in [5.41, 5.74) is 0.193. The Labute approximate surface area is 102 Å². The van der Waals surface area contributed by atoms with Gasteiger partial charge in [0.25, 0.3) is 0 Å². The van der Waals surface area contributed by atoms with Gasteiger partial charge in [-0.25, -0.2) is 8.78 Å². The number of halogens is 4. The molecule has 0 atom stereocenters. The summed E-state index contributed by atoms with van der Waals surface area (Å²) >= 11 is 0. The molecule has 1 N–H and O–H groups in total. The molecule has 0 amide bonds. The Morgan fingerprint density at radius 2 is 1.89 bits per heavy atom. The number of hydrogen-bond acceptors (Lipinski definition) is 3. The van der Waals surface area contributed by atoms with Crippen molar-refractivity contribution in [3.63, 3.8) is 0 Å². The quantitative estimate of drug-likeness (QED) is 0.804. The standard InChI is InChI=1S/C11H13F4NO2/c1-17-7-3-4-8(9(5-7)18-2)16-6-11(14,15)10(12)13/h3-5,10,16H,6H2,1-2H3. The molecule has 0 saturated carbocycles. The molecule has 1 aromatic carbocycles. The average Bonchev–Trinajstić information content (AvgIpc) is 2.35. The van der Waals surface area contributed by atoms with E-state index in [0.717, 1.165) is 0 Å². The monoisotopic (exact) mass is 267 g/mol. The lowest BCUT2D eigenvalue weighted by molar-refractivity contribution is -0.117. The van der Waals surface area contributed by atoms with E-state index in [9.17, 15) is 17.6 Å². The van der Waals surface area contributed by atoms with Crippen molar-refractivity contribution in [2.45, 2.75) is 12.3 Å². The maximum absolute atomic E-state index is 12.7. The second kappa shape index (κ2) is 5.79. The molecule has 0 fully saturated rings. The molecular weight excluding hydrogens is 254 g/mol. The van der Waals surface area contributed by atoms with Crippen LogP contribution in [0.15, 0.2) is 18.2 Å². The van der Waals surface area contributed by atoms with Gasteiger partial charge in [0.2, 0.25) is 0 Å². The Hall–Kier alpha value is -1.66. The van der Waals surface area contributed by atoms with E-state index in [1.54, 1.807) is 0 Å². The predicted octanol–water partition coefficient (Wildman–Crippen LogP) is 3.02. The summed E-state index contributed by atoms with van der Waals surface area (Å²) in [5.74, 6) is -3.39. The first-order chi connectivity index (χ1) is 8.40. The lowest BCUT2D eigenvalue weighted by Crippen LogP contribution is -2.34. The van der Waals surface area contributed by atoms with Crippen molar-refractivity contribution in [3.8, 4) is 11.5 Å². The molecule has 0 radical (unpaired) electrons. The third-order valence-electron chi connectivity index (χ3n) is 2.24. The zero-order chi connectivity index (χ0) is 13.8. The van der Waals surface area contributed by atoms with Crippen LogP contribution in [0.2, 0.25) is 0 Å². The molecule has 0 unspecified atom stereocenters. The van der Waals surface area contributed by atoms with Gasteiger partial charge in [-0.05, 0) is 12.1 Å². The van der Waals surface area contributed by atoms with Crippen molar-refractivity contribution in [1.29, 1.82) is 0 Å². The highest BCUT2D eigenvalue weighted by atomic mass is 19.3. The highest BCUT2D eigenvalue weighted by Gasteiger charge is 2.40. The van der Waals surface area contributed by atoms with Crippen molar-refractivity contribution in [1.82, 2.24) is 0 Å². The number of rotatable bonds is 6. The number of anilines is 1. The third-order valence-corrected chi connectivity index (χ3v) is 2.24. The molecule has 0 heterocycles. The van der Waals surface area contributed by atoms with E-state index in [1.807, 2.05) is 0 Å². The number of nitrogens with one attached hydrogen (secondary N) is 1. The van der Waals surface area contributed by atoms with Gasteiger partial charge in [-0.15, -0.1) is 0 Å². The summed E-state index contributed by atoms with van der Waals surface area (Å²) in [7, 11) is 2.78. The van der Waals surface area contributed by atoms with Gasteiger partial charge in [0.1, 0.15) is 11.5 Å². The summed E-state index contributed by atoms with van der Waals surface area (Å²) in [6, 6.07) is 4.38. The van der Waals surface area contributed by atoms with E-state index in [0.29, 0.717) is 5.75 Å². The molecular formula is C11H13F4NO2. The van der Waals surface area contributed by atoms with Crippen LogP contribution in [-0.2, 0) is 0 Å². The highest BCUT2D eigenvalue weighted by Crippen LogP contribution is 2.30. The van der Waals surface area contributed by atoms with E-state index in [4.69, 9.17) is 9.47 Å². The number of ether oxygens (including phenoxy) is 2.